The molecule has 0 aliphatic heterocycles. The van der Waals surface area contributed by atoms with Gasteiger partial charge in [-0.15, -0.1) is 0 Å². The third-order valence-corrected chi connectivity index (χ3v) is 5.10. The standard InChI is InChI=1S/C19H18F4N2O5S/c1-18(2,3)30-17(27)25-14-9-6-12(20)10-15(14)24-16(26)11-4-7-13(8-5-11)31(28,29)19(21,22)23/h4-10H,1-3H3,(H,24,26)(H,25,27). The van der Waals surface area contributed by atoms with Gasteiger partial charge in [-0.2, -0.15) is 13.2 Å². The summed E-state index contributed by atoms with van der Waals surface area (Å²) in [6.07, 6.45) is -0.865. The number of carbonyl (C=O) groups is 2. The number of benzene rings is 2. The van der Waals surface area contributed by atoms with Crippen LogP contribution >= 0.6 is 0 Å². The van der Waals surface area contributed by atoms with Crippen molar-refractivity contribution in [1.29, 1.82) is 0 Å². The molecule has 0 atom stereocenters. The first-order chi connectivity index (χ1) is 14.1. The number of nitrogens with one attached hydrogen (secondary N) is 2. The molecule has 0 aromatic heterocycles. The second-order valence-electron chi connectivity index (χ2n) is 7.24. The van der Waals surface area contributed by atoms with Crippen LogP contribution in [-0.4, -0.2) is 31.5 Å². The molecule has 2 rings (SSSR count). The van der Waals surface area contributed by atoms with Gasteiger partial charge in [0.1, 0.15) is 11.4 Å². The molecule has 0 saturated carbocycles. The van der Waals surface area contributed by atoms with Crippen LogP contribution in [0.3, 0.4) is 0 Å². The lowest BCUT2D eigenvalue weighted by molar-refractivity contribution is -0.0436. The molecular formula is C19H18F4N2O5S. The zero-order chi connectivity index (χ0) is 23.6. The van der Waals surface area contributed by atoms with Gasteiger partial charge in [0.2, 0.25) is 0 Å². The highest BCUT2D eigenvalue weighted by molar-refractivity contribution is 7.92. The summed E-state index contributed by atoms with van der Waals surface area (Å²) in [6, 6.07) is 6.11. The molecule has 2 aromatic carbocycles. The molecule has 7 nitrogen and oxygen atoms in total. The Bertz CT molecular complexity index is 1090. The Hall–Kier alpha value is -3.15. The highest BCUT2D eigenvalue weighted by atomic mass is 32.2. The molecule has 0 bridgehead atoms. The molecule has 2 aromatic rings. The molecule has 0 heterocycles. The van der Waals surface area contributed by atoms with Crippen LogP contribution in [0, 0.1) is 5.82 Å². The lowest BCUT2D eigenvalue weighted by atomic mass is 10.2. The van der Waals surface area contributed by atoms with Gasteiger partial charge in [0.25, 0.3) is 15.7 Å². The molecule has 0 unspecified atom stereocenters. The largest absolute Gasteiger partial charge is 0.501 e. The average Bonchev–Trinajstić information content (AvgIpc) is 2.61. The molecule has 0 radical (unpaired) electrons. The second kappa shape index (κ2) is 8.53. The number of alkyl halides is 3. The van der Waals surface area contributed by atoms with Gasteiger partial charge in [0, 0.05) is 5.56 Å². The zero-order valence-corrected chi connectivity index (χ0v) is 17.3. The van der Waals surface area contributed by atoms with E-state index in [9.17, 15) is 35.6 Å². The lowest BCUT2D eigenvalue weighted by Crippen LogP contribution is -2.27. The number of sulfone groups is 1. The normalized spacial score (nSPS) is 12.2. The number of ether oxygens (including phenoxy) is 1. The van der Waals surface area contributed by atoms with Crippen molar-refractivity contribution in [2.75, 3.05) is 10.6 Å². The number of hydrogen-bond acceptors (Lipinski definition) is 5. The fourth-order valence-electron chi connectivity index (χ4n) is 2.26. The summed E-state index contributed by atoms with van der Waals surface area (Å²) in [5.41, 5.74) is -6.65. The van der Waals surface area contributed by atoms with Crippen molar-refractivity contribution in [2.45, 2.75) is 36.8 Å². The summed E-state index contributed by atoms with van der Waals surface area (Å²) in [6.45, 7) is 4.88. The maximum Gasteiger partial charge on any atom is 0.501 e. The van der Waals surface area contributed by atoms with Crippen molar-refractivity contribution in [3.05, 3.63) is 53.8 Å². The SMILES string of the molecule is CC(C)(C)OC(=O)Nc1ccc(F)cc1NC(=O)c1ccc(S(=O)(=O)C(F)(F)F)cc1. The van der Waals surface area contributed by atoms with Crippen molar-refractivity contribution < 1.29 is 40.3 Å². The van der Waals surface area contributed by atoms with Crippen molar-refractivity contribution in [3.8, 4) is 0 Å². The van der Waals surface area contributed by atoms with E-state index in [1.165, 1.54) is 6.07 Å². The van der Waals surface area contributed by atoms with Gasteiger partial charge in [0.15, 0.2) is 0 Å². The van der Waals surface area contributed by atoms with E-state index in [0.29, 0.717) is 12.1 Å². The van der Waals surface area contributed by atoms with Crippen LogP contribution < -0.4 is 10.6 Å². The molecule has 168 valence electrons. The smallest absolute Gasteiger partial charge is 0.444 e. The van der Waals surface area contributed by atoms with E-state index in [1.807, 2.05) is 0 Å². The summed E-state index contributed by atoms with van der Waals surface area (Å²) < 4.78 is 79.3. The van der Waals surface area contributed by atoms with Crippen LogP contribution in [0.15, 0.2) is 47.4 Å². The quantitative estimate of drug-likeness (QED) is 0.641. The first-order valence-corrected chi connectivity index (χ1v) is 10.1. The van der Waals surface area contributed by atoms with E-state index in [-0.39, 0.29) is 16.9 Å². The second-order valence-corrected chi connectivity index (χ2v) is 9.19. The first kappa shape index (κ1) is 24.1. The number of hydrogen-bond donors (Lipinski definition) is 2. The zero-order valence-electron chi connectivity index (χ0n) is 16.5. The fourth-order valence-corrected chi connectivity index (χ4v) is 3.02. The van der Waals surface area contributed by atoms with Gasteiger partial charge in [-0.3, -0.25) is 10.1 Å². The molecule has 0 saturated heterocycles. The summed E-state index contributed by atoms with van der Waals surface area (Å²) in [7, 11) is -5.56. The van der Waals surface area contributed by atoms with Gasteiger partial charge >= 0.3 is 11.6 Å². The number of rotatable bonds is 4. The molecule has 0 aliphatic carbocycles. The Morgan fingerprint density at radius 2 is 1.48 bits per heavy atom. The fraction of sp³-hybridized carbons (Fsp3) is 0.263. The minimum absolute atomic E-state index is 0.000249. The number of carbonyl (C=O) groups excluding carboxylic acids is 2. The summed E-state index contributed by atoms with van der Waals surface area (Å²) in [4.78, 5) is 23.3. The summed E-state index contributed by atoms with van der Waals surface area (Å²) >= 11 is 0. The van der Waals surface area contributed by atoms with Crippen LogP contribution in [-0.2, 0) is 14.6 Å². The Labute approximate surface area is 175 Å². The van der Waals surface area contributed by atoms with E-state index in [4.69, 9.17) is 4.74 Å². The molecule has 0 aliphatic rings. The van der Waals surface area contributed by atoms with E-state index in [0.717, 1.165) is 24.3 Å². The number of amides is 2. The highest BCUT2D eigenvalue weighted by Crippen LogP contribution is 2.30. The maximum atomic E-state index is 13.6. The van der Waals surface area contributed by atoms with E-state index >= 15 is 0 Å². The minimum Gasteiger partial charge on any atom is -0.444 e. The third kappa shape index (κ3) is 6.17. The molecule has 2 amide bonds. The van der Waals surface area contributed by atoms with Crippen molar-refractivity contribution in [2.24, 2.45) is 0 Å². The van der Waals surface area contributed by atoms with Crippen LogP contribution in [0.25, 0.3) is 0 Å². The van der Waals surface area contributed by atoms with Gasteiger partial charge in [-0.1, -0.05) is 0 Å². The third-order valence-electron chi connectivity index (χ3n) is 3.60. The van der Waals surface area contributed by atoms with Gasteiger partial charge in [0.05, 0.1) is 16.3 Å². The molecular weight excluding hydrogens is 444 g/mol. The van der Waals surface area contributed by atoms with Gasteiger partial charge < -0.3 is 10.1 Å². The average molecular weight is 462 g/mol. The molecule has 0 fully saturated rings. The van der Waals surface area contributed by atoms with Crippen LogP contribution in [0.1, 0.15) is 31.1 Å². The van der Waals surface area contributed by atoms with E-state index < -0.39 is 43.7 Å². The number of halogens is 4. The molecule has 12 heteroatoms. The predicted molar refractivity (Wildman–Crippen MR) is 104 cm³/mol. The van der Waals surface area contributed by atoms with Gasteiger partial charge in [-0.05, 0) is 63.2 Å². The highest BCUT2D eigenvalue weighted by Gasteiger charge is 2.46. The lowest BCUT2D eigenvalue weighted by Gasteiger charge is -2.20. The monoisotopic (exact) mass is 462 g/mol. The van der Waals surface area contributed by atoms with Crippen molar-refractivity contribution in [3.63, 3.8) is 0 Å². The predicted octanol–water partition coefficient (Wildman–Crippen LogP) is 4.72. The van der Waals surface area contributed by atoms with Gasteiger partial charge in [-0.25, -0.2) is 17.6 Å². The summed E-state index contributed by atoms with van der Waals surface area (Å²) in [5.74, 6) is -1.62. The summed E-state index contributed by atoms with van der Waals surface area (Å²) in [5, 5.41) is 4.65. The molecule has 0 spiro atoms. The number of anilines is 2. The Morgan fingerprint density at radius 1 is 0.903 bits per heavy atom. The van der Waals surface area contributed by atoms with E-state index in [2.05, 4.69) is 10.6 Å². The van der Waals surface area contributed by atoms with Crippen LogP contribution in [0.5, 0.6) is 0 Å². The van der Waals surface area contributed by atoms with Crippen molar-refractivity contribution >= 4 is 33.2 Å². The van der Waals surface area contributed by atoms with Crippen molar-refractivity contribution in [1.82, 2.24) is 0 Å². The molecule has 31 heavy (non-hydrogen) atoms. The Morgan fingerprint density at radius 3 is 2.00 bits per heavy atom. The minimum atomic E-state index is -5.56. The Kier molecular flexibility index (Phi) is 6.64. The van der Waals surface area contributed by atoms with Crippen LogP contribution in [0.4, 0.5) is 33.7 Å². The van der Waals surface area contributed by atoms with E-state index in [1.54, 1.807) is 20.8 Å². The van der Waals surface area contributed by atoms with Crippen LogP contribution in [0.2, 0.25) is 0 Å². The topological polar surface area (TPSA) is 102 Å². The Balaban J connectivity index is 2.24. The first-order valence-electron chi connectivity index (χ1n) is 8.62. The maximum absolute atomic E-state index is 13.6. The molecule has 2 N–H and O–H groups in total.